The zero-order valence-corrected chi connectivity index (χ0v) is 24.1. The number of carbonyl (C=O) groups excluding carboxylic acids is 3. The molecule has 0 fully saturated rings. The van der Waals surface area contributed by atoms with Crippen LogP contribution in [0.2, 0.25) is 0 Å². The summed E-state index contributed by atoms with van der Waals surface area (Å²) in [6.07, 6.45) is 1.38. The fourth-order valence-corrected chi connectivity index (χ4v) is 3.88. The van der Waals surface area contributed by atoms with Gasteiger partial charge in [-0.15, -0.1) is 0 Å². The van der Waals surface area contributed by atoms with Crippen molar-refractivity contribution in [3.8, 4) is 11.5 Å². The van der Waals surface area contributed by atoms with Crippen LogP contribution in [0.4, 0.5) is 0 Å². The molecule has 0 atom stereocenters. The van der Waals surface area contributed by atoms with Gasteiger partial charge in [0.1, 0.15) is 0 Å². The number of amides is 1. The van der Waals surface area contributed by atoms with Crippen molar-refractivity contribution in [2.45, 2.75) is 0 Å². The van der Waals surface area contributed by atoms with Crippen molar-refractivity contribution in [3.63, 3.8) is 0 Å². The van der Waals surface area contributed by atoms with E-state index in [-0.39, 0.29) is 11.5 Å². The lowest BCUT2D eigenvalue weighted by atomic mass is 10.2. The molecule has 0 aliphatic rings. The van der Waals surface area contributed by atoms with E-state index < -0.39 is 17.8 Å². The van der Waals surface area contributed by atoms with Crippen LogP contribution in [0, 0.1) is 0 Å². The van der Waals surface area contributed by atoms with Gasteiger partial charge < -0.3 is 9.47 Å². The molecule has 4 aromatic rings. The molecule has 38 heavy (non-hydrogen) atoms. The number of benzene rings is 4. The lowest BCUT2D eigenvalue weighted by Gasteiger charge is -2.12. The van der Waals surface area contributed by atoms with Crippen molar-refractivity contribution < 1.29 is 23.9 Å². The van der Waals surface area contributed by atoms with E-state index in [0.717, 1.165) is 13.4 Å². The third kappa shape index (κ3) is 7.47. The van der Waals surface area contributed by atoms with E-state index in [4.69, 9.17) is 9.47 Å². The van der Waals surface area contributed by atoms with Crippen molar-refractivity contribution in [2.75, 3.05) is 0 Å². The van der Waals surface area contributed by atoms with E-state index in [1.165, 1.54) is 18.3 Å². The maximum absolute atomic E-state index is 12.8. The maximum Gasteiger partial charge on any atom is 0.343 e. The fourth-order valence-electron chi connectivity index (χ4n) is 3.09. The van der Waals surface area contributed by atoms with Gasteiger partial charge in [-0.1, -0.05) is 47.8 Å². The van der Waals surface area contributed by atoms with Gasteiger partial charge in [0, 0.05) is 19.0 Å². The Balaban J connectivity index is 1.55. The first-order chi connectivity index (χ1) is 18.3. The van der Waals surface area contributed by atoms with Gasteiger partial charge in [-0.05, 0) is 96.6 Å². The van der Waals surface area contributed by atoms with Crippen molar-refractivity contribution in [1.29, 1.82) is 0 Å². The molecule has 0 radical (unpaired) electrons. The minimum Gasteiger partial charge on any atom is -0.419 e. The van der Waals surface area contributed by atoms with E-state index in [2.05, 4.69) is 58.3 Å². The summed E-state index contributed by atoms with van der Waals surface area (Å²) in [6, 6.07) is 24.6. The molecule has 1 amide bonds. The Morgan fingerprint density at radius 3 is 1.55 bits per heavy atom. The van der Waals surface area contributed by atoms with Crippen molar-refractivity contribution in [2.24, 2.45) is 5.10 Å². The summed E-state index contributed by atoms with van der Waals surface area (Å²) in [5, 5.41) is 3.98. The van der Waals surface area contributed by atoms with Crippen LogP contribution in [0.1, 0.15) is 36.6 Å². The Hall–Kier alpha value is -3.60. The van der Waals surface area contributed by atoms with Crippen LogP contribution in [-0.2, 0) is 0 Å². The van der Waals surface area contributed by atoms with Crippen LogP contribution in [0.25, 0.3) is 0 Å². The average molecular weight is 701 g/mol. The normalized spacial score (nSPS) is 10.7. The van der Waals surface area contributed by atoms with Crippen molar-refractivity contribution in [1.82, 2.24) is 5.43 Å². The van der Waals surface area contributed by atoms with Gasteiger partial charge in [0.2, 0.25) is 0 Å². The lowest BCUT2D eigenvalue weighted by molar-refractivity contribution is 0.0682. The summed E-state index contributed by atoms with van der Waals surface area (Å²) >= 11 is 9.98. The van der Waals surface area contributed by atoms with Gasteiger partial charge in [0.05, 0.1) is 17.3 Å². The van der Waals surface area contributed by atoms with Gasteiger partial charge in [-0.2, -0.15) is 5.10 Å². The minimum atomic E-state index is -0.643. The lowest BCUT2D eigenvalue weighted by Crippen LogP contribution is -2.17. The van der Waals surface area contributed by atoms with Gasteiger partial charge in [-0.3, -0.25) is 4.79 Å². The summed E-state index contributed by atoms with van der Waals surface area (Å²) in [6.45, 7) is 0. The topological polar surface area (TPSA) is 94.1 Å². The molecule has 0 spiro atoms. The van der Waals surface area contributed by atoms with Crippen LogP contribution in [-0.4, -0.2) is 24.1 Å². The summed E-state index contributed by atoms with van der Waals surface area (Å²) in [5.74, 6) is -1.61. The van der Waals surface area contributed by atoms with Gasteiger partial charge >= 0.3 is 11.9 Å². The Labute approximate surface area is 243 Å². The number of ether oxygens (including phenoxy) is 2. The number of carbonyl (C=O) groups is 3. The number of nitrogens with zero attached hydrogens (tertiary/aromatic N) is 1. The van der Waals surface area contributed by atoms with Gasteiger partial charge in [-0.25, -0.2) is 15.0 Å². The van der Waals surface area contributed by atoms with E-state index in [0.29, 0.717) is 22.3 Å². The number of hydrogen-bond acceptors (Lipinski definition) is 6. The van der Waals surface area contributed by atoms with Crippen LogP contribution in [0.15, 0.2) is 110 Å². The Morgan fingerprint density at radius 1 is 0.605 bits per heavy atom. The van der Waals surface area contributed by atoms with Crippen LogP contribution >= 0.6 is 47.8 Å². The molecule has 7 nitrogen and oxygen atoms in total. The van der Waals surface area contributed by atoms with E-state index >= 15 is 0 Å². The average Bonchev–Trinajstić information content (AvgIpc) is 2.91. The highest BCUT2D eigenvalue weighted by Gasteiger charge is 2.17. The number of hydrazone groups is 1. The number of esters is 2. The molecule has 0 heterocycles. The molecule has 0 bridgehead atoms. The third-order valence-corrected chi connectivity index (χ3v) is 6.61. The second-order valence-corrected chi connectivity index (χ2v) is 10.5. The number of halogens is 3. The largest absolute Gasteiger partial charge is 0.419 e. The Morgan fingerprint density at radius 2 is 1.05 bits per heavy atom. The molecule has 0 aromatic heterocycles. The van der Waals surface area contributed by atoms with Crippen molar-refractivity contribution in [3.05, 3.63) is 127 Å². The number of rotatable bonds is 7. The van der Waals surface area contributed by atoms with Crippen LogP contribution in [0.5, 0.6) is 11.5 Å². The van der Waals surface area contributed by atoms with Gasteiger partial charge in [0.25, 0.3) is 5.91 Å². The monoisotopic (exact) mass is 698 g/mol. The standard InChI is InChI=1S/C28H17Br3N2O5/c29-21-8-2-18(3-9-21)26(34)33-32-16-17-1-14-24(37-27(35)19-4-10-22(30)11-5-19)25(15-17)38-28(36)20-6-12-23(31)13-7-20/h1-16H,(H,33,34). The predicted octanol–water partition coefficient (Wildman–Crippen LogP) is 7.18. The molecule has 0 aliphatic heterocycles. The second-order valence-electron chi connectivity index (χ2n) is 7.71. The Kier molecular flexibility index (Phi) is 9.22. The molecule has 0 saturated carbocycles. The summed E-state index contributed by atoms with van der Waals surface area (Å²) < 4.78 is 13.6. The summed E-state index contributed by atoms with van der Waals surface area (Å²) in [4.78, 5) is 37.8. The zero-order chi connectivity index (χ0) is 27.1. The maximum atomic E-state index is 12.8. The smallest absolute Gasteiger partial charge is 0.343 e. The second kappa shape index (κ2) is 12.8. The molecule has 0 saturated heterocycles. The van der Waals surface area contributed by atoms with Crippen LogP contribution < -0.4 is 14.9 Å². The first-order valence-electron chi connectivity index (χ1n) is 11.0. The first kappa shape index (κ1) is 27.4. The molecular weight excluding hydrogens is 684 g/mol. The third-order valence-electron chi connectivity index (χ3n) is 5.02. The molecule has 10 heteroatoms. The molecule has 190 valence electrons. The molecule has 0 aliphatic carbocycles. The van der Waals surface area contributed by atoms with Gasteiger partial charge in [0.15, 0.2) is 11.5 Å². The molecule has 4 aromatic carbocycles. The summed E-state index contributed by atoms with van der Waals surface area (Å²) in [5.41, 5.74) is 3.99. The molecular formula is C28H17Br3N2O5. The van der Waals surface area contributed by atoms with Crippen molar-refractivity contribution >= 4 is 71.9 Å². The number of nitrogens with one attached hydrogen (secondary N) is 1. The minimum absolute atomic E-state index is 0.00608. The first-order valence-corrected chi connectivity index (χ1v) is 13.3. The fraction of sp³-hybridized carbons (Fsp3) is 0. The SMILES string of the molecule is O=C(NN=Cc1ccc(OC(=O)c2ccc(Br)cc2)c(OC(=O)c2ccc(Br)cc2)c1)c1ccc(Br)cc1. The molecule has 4 rings (SSSR count). The highest BCUT2D eigenvalue weighted by Crippen LogP contribution is 2.30. The number of hydrogen-bond donors (Lipinski definition) is 1. The molecule has 0 unspecified atom stereocenters. The van der Waals surface area contributed by atoms with Crippen LogP contribution in [0.3, 0.4) is 0 Å². The highest BCUT2D eigenvalue weighted by molar-refractivity contribution is 9.11. The molecule has 1 N–H and O–H groups in total. The zero-order valence-electron chi connectivity index (χ0n) is 19.4. The van der Waals surface area contributed by atoms with E-state index in [9.17, 15) is 14.4 Å². The quantitative estimate of drug-likeness (QED) is 0.0955. The highest BCUT2D eigenvalue weighted by atomic mass is 79.9. The summed E-state index contributed by atoms with van der Waals surface area (Å²) in [7, 11) is 0. The van der Waals surface area contributed by atoms with E-state index in [1.54, 1.807) is 78.9 Å². The predicted molar refractivity (Wildman–Crippen MR) is 154 cm³/mol. The van der Waals surface area contributed by atoms with E-state index in [1.807, 2.05) is 0 Å². The Bertz CT molecular complexity index is 1500.